The quantitative estimate of drug-likeness (QED) is 0.190. The van der Waals surface area contributed by atoms with Gasteiger partial charge in [-0.2, -0.15) is 0 Å². The van der Waals surface area contributed by atoms with Crippen LogP contribution in [0.2, 0.25) is 0 Å². The van der Waals surface area contributed by atoms with Crippen molar-refractivity contribution in [2.45, 2.75) is 155 Å². The highest BCUT2D eigenvalue weighted by Gasteiger charge is 2.50. The van der Waals surface area contributed by atoms with Crippen molar-refractivity contribution < 1.29 is 63.1 Å². The molecular formula is C41H68N6O13. The third kappa shape index (κ3) is 14.1. The van der Waals surface area contributed by atoms with Gasteiger partial charge in [-0.25, -0.2) is 14.4 Å². The van der Waals surface area contributed by atoms with E-state index in [9.17, 15) is 48.6 Å². The zero-order valence-electron chi connectivity index (χ0n) is 37.7. The van der Waals surface area contributed by atoms with Gasteiger partial charge in [-0.3, -0.25) is 38.7 Å². The molecule has 0 bridgehead atoms. The van der Waals surface area contributed by atoms with Crippen molar-refractivity contribution in [1.29, 1.82) is 0 Å². The summed E-state index contributed by atoms with van der Waals surface area (Å²) in [4.78, 5) is 124. The first-order valence-corrected chi connectivity index (χ1v) is 20.4. The van der Waals surface area contributed by atoms with Crippen LogP contribution >= 0.6 is 0 Å². The van der Waals surface area contributed by atoms with Crippen LogP contribution in [0.15, 0.2) is 0 Å². The van der Waals surface area contributed by atoms with Crippen LogP contribution in [0, 0.1) is 0 Å². The van der Waals surface area contributed by atoms with Gasteiger partial charge >= 0.3 is 29.8 Å². The van der Waals surface area contributed by atoms with Crippen molar-refractivity contribution >= 4 is 47.2 Å². The van der Waals surface area contributed by atoms with Gasteiger partial charge in [-0.05, 0) is 83.1 Å². The second kappa shape index (κ2) is 19.0. The minimum atomic E-state index is -1.22. The molecule has 60 heavy (non-hydrogen) atoms. The second-order valence-corrected chi connectivity index (χ2v) is 20.3. The van der Waals surface area contributed by atoms with E-state index in [1.807, 2.05) is 0 Å². The van der Waals surface area contributed by atoms with E-state index in [1.165, 1.54) is 25.0 Å². The monoisotopic (exact) mass is 852 g/mol. The Morgan fingerprint density at radius 2 is 0.617 bits per heavy atom. The molecule has 3 fully saturated rings. The largest absolute Gasteiger partial charge is 0.480 e. The Kier molecular flexibility index (Phi) is 16.0. The molecule has 0 unspecified atom stereocenters. The molecule has 3 aliphatic rings. The highest BCUT2D eigenvalue weighted by atomic mass is 16.7. The minimum absolute atomic E-state index is 0.00826. The van der Waals surface area contributed by atoms with Gasteiger partial charge in [0.1, 0.15) is 17.3 Å². The van der Waals surface area contributed by atoms with Crippen LogP contribution < -0.4 is 0 Å². The molecule has 0 atom stereocenters. The highest BCUT2D eigenvalue weighted by Crippen LogP contribution is 2.39. The first kappa shape index (κ1) is 50.5. The predicted molar refractivity (Wildman–Crippen MR) is 216 cm³/mol. The lowest BCUT2D eigenvalue weighted by Gasteiger charge is -2.49. The number of carbonyl (C=O) groups is 8. The molecule has 3 heterocycles. The summed E-state index contributed by atoms with van der Waals surface area (Å²) in [6.07, 6.45) is 0.919. The number of hydroxylamine groups is 6. The number of piperidine rings is 3. The molecule has 0 aromatic rings. The zero-order chi connectivity index (χ0) is 45.8. The lowest BCUT2D eigenvalue weighted by Crippen LogP contribution is -2.62. The smallest absolute Gasteiger partial charge is 0.339 e. The van der Waals surface area contributed by atoms with Crippen LogP contribution in [-0.2, 0) is 52.9 Å². The van der Waals surface area contributed by atoms with Gasteiger partial charge in [-0.1, -0.05) is 0 Å². The van der Waals surface area contributed by atoms with E-state index < -0.39 is 89.3 Å². The average Bonchev–Trinajstić information content (AvgIpc) is 3.01. The molecule has 0 spiro atoms. The zero-order valence-corrected chi connectivity index (χ0v) is 37.7. The number of hydrogen-bond acceptors (Lipinski definition) is 17. The molecule has 340 valence electrons. The molecule has 19 heteroatoms. The van der Waals surface area contributed by atoms with Crippen molar-refractivity contribution in [1.82, 2.24) is 29.9 Å². The fraction of sp³-hybridized carbons (Fsp3) is 0.805. The molecule has 0 amide bonds. The Hall–Kier alpha value is -3.88. The first-order chi connectivity index (χ1) is 27.2. The Morgan fingerprint density at radius 1 is 0.417 bits per heavy atom. The summed E-state index contributed by atoms with van der Waals surface area (Å²) < 4.78 is 0. The molecule has 3 aliphatic heterocycles. The Bertz CT molecular complexity index is 1520. The lowest BCUT2D eigenvalue weighted by atomic mass is 9.81. The molecular weight excluding hydrogens is 784 g/mol. The summed E-state index contributed by atoms with van der Waals surface area (Å²) in [5.74, 6) is -4.58. The summed E-state index contributed by atoms with van der Waals surface area (Å²) in [5.41, 5.74) is -4.93. The number of carboxylic acids is 2. The number of carbonyl (C=O) groups excluding carboxylic acids is 6. The normalized spacial score (nSPS) is 22.5. The standard InChI is InChI=1S/C41H68N6O13/c1-36(2)17-28(48)18-37(3,4)45(36)58-33(55)25-42(13-15-43(23-31(51)52)26-34(56)59-46-38(5,6)19-29(49)20-39(46,7)8)14-16-44(24-32(53)54)27-35(57)60-47-40(9,10)21-30(50)22-41(47,11)12/h13-27H2,1-12H3,(H,51,52)(H,53,54). The van der Waals surface area contributed by atoms with Crippen LogP contribution in [-0.4, -0.2) is 179 Å². The molecule has 3 saturated heterocycles. The van der Waals surface area contributed by atoms with E-state index in [2.05, 4.69) is 0 Å². The highest BCUT2D eigenvalue weighted by molar-refractivity contribution is 5.83. The fourth-order valence-corrected chi connectivity index (χ4v) is 9.30. The number of hydrogen-bond donors (Lipinski definition) is 2. The van der Waals surface area contributed by atoms with Crippen LogP contribution in [0.4, 0.5) is 0 Å². The molecule has 0 aromatic heterocycles. The first-order valence-electron chi connectivity index (χ1n) is 20.4. The van der Waals surface area contributed by atoms with Crippen LogP contribution in [0.3, 0.4) is 0 Å². The summed E-state index contributed by atoms with van der Waals surface area (Å²) >= 11 is 0. The number of Topliss-reactive ketones (excluding diaryl/α,β-unsaturated/α-hetero) is 3. The maximum absolute atomic E-state index is 13.7. The molecule has 19 nitrogen and oxygen atoms in total. The molecule has 0 aliphatic carbocycles. The molecule has 0 aromatic carbocycles. The number of ketones is 3. The number of rotatable bonds is 19. The van der Waals surface area contributed by atoms with E-state index in [1.54, 1.807) is 88.0 Å². The Labute approximate surface area is 353 Å². The van der Waals surface area contributed by atoms with E-state index in [4.69, 9.17) is 14.5 Å². The van der Waals surface area contributed by atoms with Crippen molar-refractivity contribution in [2.75, 3.05) is 58.9 Å². The maximum atomic E-state index is 13.7. The van der Waals surface area contributed by atoms with Gasteiger partial charge in [0.2, 0.25) is 0 Å². The molecule has 3 rings (SSSR count). The van der Waals surface area contributed by atoms with Gasteiger partial charge in [0.15, 0.2) is 0 Å². The van der Waals surface area contributed by atoms with E-state index in [-0.39, 0.29) is 88.6 Å². The van der Waals surface area contributed by atoms with Crippen molar-refractivity contribution in [3.05, 3.63) is 0 Å². The maximum Gasteiger partial charge on any atom is 0.339 e. The van der Waals surface area contributed by atoms with Gasteiger partial charge in [0.25, 0.3) is 0 Å². The van der Waals surface area contributed by atoms with Gasteiger partial charge < -0.3 is 24.7 Å². The summed E-state index contributed by atoms with van der Waals surface area (Å²) in [5, 5.41) is 24.0. The Balaban J connectivity index is 1.83. The van der Waals surface area contributed by atoms with Crippen molar-refractivity contribution in [3.8, 4) is 0 Å². The summed E-state index contributed by atoms with van der Waals surface area (Å²) in [6, 6.07) is 0. The van der Waals surface area contributed by atoms with E-state index in [0.717, 1.165) is 0 Å². The summed E-state index contributed by atoms with van der Waals surface area (Å²) in [7, 11) is 0. The molecule has 2 N–H and O–H groups in total. The third-order valence-electron chi connectivity index (χ3n) is 10.9. The number of carboxylic acid groups (broad SMARTS) is 2. The average molecular weight is 853 g/mol. The van der Waals surface area contributed by atoms with E-state index >= 15 is 0 Å². The predicted octanol–water partition coefficient (Wildman–Crippen LogP) is 2.10. The lowest BCUT2D eigenvalue weighted by molar-refractivity contribution is -0.262. The number of nitrogens with zero attached hydrogens (tertiary/aromatic N) is 6. The van der Waals surface area contributed by atoms with Gasteiger partial charge in [0.05, 0.1) is 66.0 Å². The third-order valence-corrected chi connectivity index (χ3v) is 10.9. The Morgan fingerprint density at radius 3 is 0.833 bits per heavy atom. The topological polar surface area (TPSA) is 224 Å². The second-order valence-electron chi connectivity index (χ2n) is 20.3. The fourth-order valence-electron chi connectivity index (χ4n) is 9.30. The minimum Gasteiger partial charge on any atom is -0.480 e. The van der Waals surface area contributed by atoms with Crippen LogP contribution in [0.5, 0.6) is 0 Å². The van der Waals surface area contributed by atoms with Crippen molar-refractivity contribution in [2.24, 2.45) is 0 Å². The van der Waals surface area contributed by atoms with Crippen LogP contribution in [0.25, 0.3) is 0 Å². The molecule has 0 saturated carbocycles. The van der Waals surface area contributed by atoms with Crippen LogP contribution in [0.1, 0.15) is 122 Å². The SMILES string of the molecule is CC1(C)CC(=O)CC(C)(C)N1OC(=O)CN(CCN(CC(=O)O)CC(=O)ON1C(C)(C)CC(=O)CC1(C)C)CCN(CC(=O)O)CC(=O)ON1C(C)(C)CC(=O)CC1(C)C. The van der Waals surface area contributed by atoms with Gasteiger partial charge in [-0.15, -0.1) is 15.2 Å². The molecule has 0 radical (unpaired) electrons. The van der Waals surface area contributed by atoms with Gasteiger partial charge in [0, 0.05) is 64.7 Å². The number of aliphatic carboxylic acids is 2. The van der Waals surface area contributed by atoms with Crippen molar-refractivity contribution in [3.63, 3.8) is 0 Å². The van der Waals surface area contributed by atoms with E-state index in [0.29, 0.717) is 0 Å². The summed E-state index contributed by atoms with van der Waals surface area (Å²) in [6.45, 7) is 18.9.